The molecule has 0 radical (unpaired) electrons. The first-order chi connectivity index (χ1) is 12.6. The van der Waals surface area contributed by atoms with Gasteiger partial charge in [0.1, 0.15) is 5.52 Å². The predicted molar refractivity (Wildman–Crippen MR) is 103 cm³/mol. The monoisotopic (exact) mass is 370 g/mol. The largest absolute Gasteiger partial charge is 0.423 e. The summed E-state index contributed by atoms with van der Waals surface area (Å²) in [7, 11) is 1.82. The summed E-state index contributed by atoms with van der Waals surface area (Å²) in [5.41, 5.74) is 2.93. The van der Waals surface area contributed by atoms with E-state index in [0.29, 0.717) is 35.3 Å². The van der Waals surface area contributed by atoms with Gasteiger partial charge in [0, 0.05) is 43.0 Å². The highest BCUT2D eigenvalue weighted by Gasteiger charge is 2.28. The Balaban J connectivity index is 1.45. The Kier molecular flexibility index (Phi) is 4.42. The number of likely N-dealkylation sites (tertiary alicyclic amines) is 1. The summed E-state index contributed by atoms with van der Waals surface area (Å²) in [5, 5.41) is 6.97. The molecule has 0 aliphatic carbocycles. The van der Waals surface area contributed by atoms with Crippen molar-refractivity contribution in [3.05, 3.63) is 53.1 Å². The van der Waals surface area contributed by atoms with Crippen LogP contribution in [0.3, 0.4) is 0 Å². The van der Waals surface area contributed by atoms with E-state index in [9.17, 15) is 4.79 Å². The van der Waals surface area contributed by atoms with Gasteiger partial charge in [-0.05, 0) is 30.7 Å². The number of nitrogens with one attached hydrogen (secondary N) is 2. The number of amides is 1. The van der Waals surface area contributed by atoms with Gasteiger partial charge in [0.15, 0.2) is 5.58 Å². The fraction of sp³-hybridized carbons (Fsp3) is 0.263. The van der Waals surface area contributed by atoms with Gasteiger partial charge in [-0.3, -0.25) is 4.79 Å². The molecule has 2 N–H and O–H groups in total. The van der Waals surface area contributed by atoms with Crippen LogP contribution in [-0.4, -0.2) is 42.0 Å². The van der Waals surface area contributed by atoms with Gasteiger partial charge in [-0.15, -0.1) is 0 Å². The van der Waals surface area contributed by atoms with Gasteiger partial charge in [0.05, 0.1) is 5.56 Å². The molecule has 1 aliphatic rings. The van der Waals surface area contributed by atoms with Crippen molar-refractivity contribution >= 4 is 40.3 Å². The van der Waals surface area contributed by atoms with Crippen molar-refractivity contribution in [3.8, 4) is 0 Å². The summed E-state index contributed by atoms with van der Waals surface area (Å²) in [6, 6.07) is 13.5. The van der Waals surface area contributed by atoms with Crippen LogP contribution in [0.15, 0.2) is 46.9 Å². The van der Waals surface area contributed by atoms with E-state index < -0.39 is 0 Å². The lowest BCUT2D eigenvalue weighted by molar-refractivity contribution is 0.0792. The molecule has 134 valence electrons. The molecule has 4 rings (SSSR count). The lowest BCUT2D eigenvalue weighted by atomic mass is 10.1. The van der Waals surface area contributed by atoms with Gasteiger partial charge in [-0.25, -0.2) is 0 Å². The van der Waals surface area contributed by atoms with Crippen LogP contribution in [0.25, 0.3) is 11.1 Å². The molecular formula is C19H19ClN4O2. The average molecular weight is 371 g/mol. The first kappa shape index (κ1) is 16.7. The van der Waals surface area contributed by atoms with Crippen LogP contribution < -0.4 is 10.6 Å². The Labute approximate surface area is 156 Å². The number of rotatable bonds is 4. The van der Waals surface area contributed by atoms with Crippen molar-refractivity contribution in [1.29, 1.82) is 0 Å². The Bertz CT molecular complexity index is 956. The first-order valence-electron chi connectivity index (χ1n) is 8.53. The topological polar surface area (TPSA) is 70.4 Å². The van der Waals surface area contributed by atoms with E-state index in [4.69, 9.17) is 16.0 Å². The zero-order chi connectivity index (χ0) is 18.1. The van der Waals surface area contributed by atoms with Crippen LogP contribution in [0, 0.1) is 0 Å². The molecule has 1 aliphatic heterocycles. The first-order valence-corrected chi connectivity index (χ1v) is 8.90. The van der Waals surface area contributed by atoms with E-state index in [2.05, 4.69) is 15.6 Å². The maximum atomic E-state index is 12.8. The van der Waals surface area contributed by atoms with Crippen LogP contribution in [0.5, 0.6) is 0 Å². The number of oxazole rings is 1. The zero-order valence-electron chi connectivity index (χ0n) is 14.3. The summed E-state index contributed by atoms with van der Waals surface area (Å²) in [6.45, 7) is 1.30. The lowest BCUT2D eigenvalue weighted by Crippen LogP contribution is -2.32. The molecular weight excluding hydrogens is 352 g/mol. The third-order valence-corrected chi connectivity index (χ3v) is 4.82. The Morgan fingerprint density at radius 2 is 2.15 bits per heavy atom. The molecule has 26 heavy (non-hydrogen) atoms. The van der Waals surface area contributed by atoms with Gasteiger partial charge in [-0.2, -0.15) is 4.98 Å². The van der Waals surface area contributed by atoms with Gasteiger partial charge in [0.25, 0.3) is 11.9 Å². The van der Waals surface area contributed by atoms with Crippen LogP contribution in [0.2, 0.25) is 5.02 Å². The number of hydrogen-bond donors (Lipinski definition) is 2. The molecule has 0 unspecified atom stereocenters. The second-order valence-corrected chi connectivity index (χ2v) is 6.74. The van der Waals surface area contributed by atoms with Crippen molar-refractivity contribution in [2.75, 3.05) is 30.8 Å². The fourth-order valence-corrected chi connectivity index (χ4v) is 3.42. The third-order valence-electron chi connectivity index (χ3n) is 4.58. The highest BCUT2D eigenvalue weighted by Crippen LogP contribution is 2.25. The van der Waals surface area contributed by atoms with Crippen LogP contribution in [0.4, 0.5) is 11.7 Å². The molecule has 1 aromatic heterocycles. The molecule has 0 spiro atoms. The molecule has 1 amide bonds. The summed E-state index contributed by atoms with van der Waals surface area (Å²) in [6.07, 6.45) is 0.840. The number of benzene rings is 2. The summed E-state index contributed by atoms with van der Waals surface area (Å²) in [4.78, 5) is 19.1. The zero-order valence-corrected chi connectivity index (χ0v) is 15.1. The van der Waals surface area contributed by atoms with E-state index in [1.165, 1.54) is 0 Å². The molecule has 1 saturated heterocycles. The quantitative estimate of drug-likeness (QED) is 0.730. The molecule has 1 fully saturated rings. The minimum absolute atomic E-state index is 0.0311. The summed E-state index contributed by atoms with van der Waals surface area (Å²) >= 11 is 5.98. The van der Waals surface area contributed by atoms with Crippen molar-refractivity contribution in [2.45, 2.75) is 12.5 Å². The SMILES string of the molecule is CNc1ccccc1C(=O)N1CC[C@@H](Nc2nc3ccc(Cl)cc3o2)C1. The van der Waals surface area contributed by atoms with E-state index in [1.54, 1.807) is 12.1 Å². The van der Waals surface area contributed by atoms with Gasteiger partial charge in [-0.1, -0.05) is 23.7 Å². The standard InChI is InChI=1S/C19H19ClN4O2/c1-21-15-5-3-2-4-14(15)18(25)24-9-8-13(11-24)22-19-23-16-7-6-12(20)10-17(16)26-19/h2-7,10,13,21H,8-9,11H2,1H3,(H,22,23)/t13-/m1/s1. The molecule has 7 heteroatoms. The number of aromatic nitrogens is 1. The minimum atomic E-state index is 0.0311. The highest BCUT2D eigenvalue weighted by atomic mass is 35.5. The van der Waals surface area contributed by atoms with E-state index in [0.717, 1.165) is 17.6 Å². The number of para-hydroxylation sites is 1. The molecule has 2 heterocycles. The second-order valence-electron chi connectivity index (χ2n) is 6.31. The Morgan fingerprint density at radius 3 is 3.00 bits per heavy atom. The average Bonchev–Trinajstić information content (AvgIpc) is 3.27. The Morgan fingerprint density at radius 1 is 1.31 bits per heavy atom. The van der Waals surface area contributed by atoms with Crippen molar-refractivity contribution in [1.82, 2.24) is 9.88 Å². The number of halogens is 1. The summed E-state index contributed by atoms with van der Waals surface area (Å²) < 4.78 is 5.71. The molecule has 1 atom stereocenters. The molecule has 3 aromatic rings. The van der Waals surface area contributed by atoms with Crippen LogP contribution >= 0.6 is 11.6 Å². The molecule has 6 nitrogen and oxygen atoms in total. The summed E-state index contributed by atoms with van der Waals surface area (Å²) in [5.74, 6) is 0.0311. The Hall–Kier alpha value is -2.73. The number of anilines is 2. The van der Waals surface area contributed by atoms with E-state index >= 15 is 0 Å². The smallest absolute Gasteiger partial charge is 0.295 e. The fourth-order valence-electron chi connectivity index (χ4n) is 3.26. The highest BCUT2D eigenvalue weighted by molar-refractivity contribution is 6.31. The minimum Gasteiger partial charge on any atom is -0.423 e. The molecule has 2 aromatic carbocycles. The number of hydrogen-bond acceptors (Lipinski definition) is 5. The van der Waals surface area contributed by atoms with Gasteiger partial charge < -0.3 is 20.0 Å². The van der Waals surface area contributed by atoms with Gasteiger partial charge in [0.2, 0.25) is 0 Å². The maximum absolute atomic E-state index is 12.8. The number of carbonyl (C=O) groups is 1. The van der Waals surface area contributed by atoms with Crippen molar-refractivity contribution in [2.24, 2.45) is 0 Å². The number of carbonyl (C=O) groups excluding carboxylic acids is 1. The van der Waals surface area contributed by atoms with Gasteiger partial charge >= 0.3 is 0 Å². The van der Waals surface area contributed by atoms with Crippen molar-refractivity contribution < 1.29 is 9.21 Å². The van der Waals surface area contributed by atoms with Crippen molar-refractivity contribution in [3.63, 3.8) is 0 Å². The normalized spacial score (nSPS) is 16.8. The molecule has 0 saturated carbocycles. The lowest BCUT2D eigenvalue weighted by Gasteiger charge is -2.18. The van der Waals surface area contributed by atoms with Crippen LogP contribution in [-0.2, 0) is 0 Å². The number of nitrogens with zero attached hydrogens (tertiary/aromatic N) is 2. The van der Waals surface area contributed by atoms with E-state index in [1.807, 2.05) is 42.3 Å². The molecule has 0 bridgehead atoms. The maximum Gasteiger partial charge on any atom is 0.295 e. The second kappa shape index (κ2) is 6.88. The number of fused-ring (bicyclic) bond motifs is 1. The predicted octanol–water partition coefficient (Wildman–Crippen LogP) is 3.85. The van der Waals surface area contributed by atoms with E-state index in [-0.39, 0.29) is 11.9 Å². The van der Waals surface area contributed by atoms with Crippen LogP contribution in [0.1, 0.15) is 16.8 Å². The third kappa shape index (κ3) is 3.20.